The number of non-ortho nitro benzene ring substituents is 1. The molecular weight excluding hydrogens is 312 g/mol. The molecule has 112 valence electrons. The lowest BCUT2D eigenvalue weighted by molar-refractivity contribution is -0.384. The zero-order chi connectivity index (χ0) is 16.3. The number of carboxylic acids is 1. The summed E-state index contributed by atoms with van der Waals surface area (Å²) < 4.78 is 0. The summed E-state index contributed by atoms with van der Waals surface area (Å²) in [6.07, 6.45) is 0. The Morgan fingerprint density at radius 3 is 2.45 bits per heavy atom. The predicted octanol–water partition coefficient (Wildman–Crippen LogP) is 1.86. The Hall–Kier alpha value is -2.93. The van der Waals surface area contributed by atoms with E-state index in [-0.39, 0.29) is 27.5 Å². The lowest BCUT2D eigenvalue weighted by atomic mass is 10.1. The van der Waals surface area contributed by atoms with E-state index in [1.807, 2.05) is 0 Å². The number of hydrogen-bond donors (Lipinski definition) is 1. The van der Waals surface area contributed by atoms with E-state index in [2.05, 4.69) is 5.32 Å². The Morgan fingerprint density at radius 1 is 1.09 bits per heavy atom. The number of halogens is 1. The van der Waals surface area contributed by atoms with E-state index in [1.165, 1.54) is 30.3 Å². The van der Waals surface area contributed by atoms with Crippen LogP contribution >= 0.6 is 11.6 Å². The number of rotatable bonds is 4. The van der Waals surface area contributed by atoms with Crippen molar-refractivity contribution in [2.45, 2.75) is 0 Å². The van der Waals surface area contributed by atoms with Crippen LogP contribution in [-0.4, -0.2) is 16.8 Å². The van der Waals surface area contributed by atoms with Crippen LogP contribution in [0, 0.1) is 10.1 Å². The Bertz CT molecular complexity index is 776. The molecule has 1 N–H and O–H groups in total. The second-order valence-corrected chi connectivity index (χ2v) is 4.65. The number of aromatic carboxylic acids is 1. The van der Waals surface area contributed by atoms with E-state index in [9.17, 15) is 24.8 Å². The van der Waals surface area contributed by atoms with Gasteiger partial charge in [0.1, 0.15) is 0 Å². The van der Waals surface area contributed by atoms with Crippen molar-refractivity contribution >= 4 is 34.9 Å². The van der Waals surface area contributed by atoms with Gasteiger partial charge >= 0.3 is 0 Å². The molecule has 0 bridgehead atoms. The minimum atomic E-state index is -1.41. The molecule has 2 aromatic carbocycles. The summed E-state index contributed by atoms with van der Waals surface area (Å²) in [5, 5.41) is 24.0. The number of hydrogen-bond acceptors (Lipinski definition) is 5. The van der Waals surface area contributed by atoms with Crippen LogP contribution in [0.1, 0.15) is 20.7 Å². The third kappa shape index (κ3) is 3.39. The maximum Gasteiger partial charge on any atom is 0.270 e. The van der Waals surface area contributed by atoms with Gasteiger partial charge < -0.3 is 15.2 Å². The van der Waals surface area contributed by atoms with Crippen molar-refractivity contribution in [3.8, 4) is 0 Å². The van der Waals surface area contributed by atoms with Crippen LogP contribution in [0.3, 0.4) is 0 Å². The van der Waals surface area contributed by atoms with Gasteiger partial charge in [0.05, 0.1) is 21.6 Å². The lowest BCUT2D eigenvalue weighted by Crippen LogP contribution is -2.22. The Kier molecular flexibility index (Phi) is 4.38. The number of nitro groups is 1. The first-order chi connectivity index (χ1) is 10.4. The molecule has 0 spiro atoms. The van der Waals surface area contributed by atoms with E-state index < -0.39 is 16.8 Å². The first kappa shape index (κ1) is 15.5. The predicted molar refractivity (Wildman–Crippen MR) is 76.8 cm³/mol. The van der Waals surface area contributed by atoms with Gasteiger partial charge in [-0.2, -0.15) is 0 Å². The summed E-state index contributed by atoms with van der Waals surface area (Å²) in [6.45, 7) is 0. The number of carbonyl (C=O) groups excluding carboxylic acids is 2. The van der Waals surface area contributed by atoms with Crippen molar-refractivity contribution in [1.82, 2.24) is 0 Å². The molecule has 0 atom stereocenters. The fourth-order valence-electron chi connectivity index (χ4n) is 1.70. The van der Waals surface area contributed by atoms with Gasteiger partial charge in [0.15, 0.2) is 0 Å². The summed E-state index contributed by atoms with van der Waals surface area (Å²) in [4.78, 5) is 32.9. The van der Waals surface area contributed by atoms with E-state index in [1.54, 1.807) is 0 Å². The minimum Gasteiger partial charge on any atom is -0.545 e. The van der Waals surface area contributed by atoms with Gasteiger partial charge in [0, 0.05) is 17.7 Å². The zero-order valence-electron chi connectivity index (χ0n) is 10.9. The molecule has 0 aliphatic carbocycles. The summed E-state index contributed by atoms with van der Waals surface area (Å²) >= 11 is 5.88. The molecule has 0 saturated heterocycles. The number of nitrogens with one attached hydrogen (secondary N) is 1. The van der Waals surface area contributed by atoms with Gasteiger partial charge in [0.2, 0.25) is 0 Å². The third-order valence-corrected chi connectivity index (χ3v) is 3.10. The number of nitrogens with zero attached hydrogens (tertiary/aromatic N) is 1. The molecule has 0 aliphatic rings. The molecule has 7 nitrogen and oxygen atoms in total. The summed E-state index contributed by atoms with van der Waals surface area (Å²) in [5.74, 6) is -2.07. The SMILES string of the molecule is O=C([O-])c1ccc(Cl)c(NC(=O)c2cccc([N+](=O)[O-])c2)c1. The molecule has 8 heteroatoms. The highest BCUT2D eigenvalue weighted by molar-refractivity contribution is 6.34. The van der Waals surface area contributed by atoms with Gasteiger partial charge in [-0.3, -0.25) is 14.9 Å². The van der Waals surface area contributed by atoms with Crippen molar-refractivity contribution in [3.63, 3.8) is 0 Å². The van der Waals surface area contributed by atoms with Crippen LogP contribution in [0.4, 0.5) is 11.4 Å². The highest BCUT2D eigenvalue weighted by Gasteiger charge is 2.13. The molecule has 22 heavy (non-hydrogen) atoms. The highest BCUT2D eigenvalue weighted by atomic mass is 35.5. The molecule has 0 radical (unpaired) electrons. The van der Waals surface area contributed by atoms with Gasteiger partial charge in [0.25, 0.3) is 11.6 Å². The second-order valence-electron chi connectivity index (χ2n) is 4.24. The monoisotopic (exact) mass is 319 g/mol. The van der Waals surface area contributed by atoms with Crippen LogP contribution in [-0.2, 0) is 0 Å². The van der Waals surface area contributed by atoms with Crippen LogP contribution in [0.5, 0.6) is 0 Å². The van der Waals surface area contributed by atoms with Crippen LogP contribution in [0.2, 0.25) is 5.02 Å². The number of nitro benzene ring substituents is 1. The average Bonchev–Trinajstić information content (AvgIpc) is 2.49. The van der Waals surface area contributed by atoms with Gasteiger partial charge in [-0.25, -0.2) is 0 Å². The van der Waals surface area contributed by atoms with Gasteiger partial charge in [-0.15, -0.1) is 0 Å². The zero-order valence-corrected chi connectivity index (χ0v) is 11.7. The maximum atomic E-state index is 12.1. The summed E-state index contributed by atoms with van der Waals surface area (Å²) in [7, 11) is 0. The first-order valence-corrected chi connectivity index (χ1v) is 6.33. The van der Waals surface area contributed by atoms with E-state index in [4.69, 9.17) is 11.6 Å². The van der Waals surface area contributed by atoms with Crippen LogP contribution in [0.25, 0.3) is 0 Å². The fourth-order valence-corrected chi connectivity index (χ4v) is 1.87. The van der Waals surface area contributed by atoms with Crippen molar-refractivity contribution in [2.75, 3.05) is 5.32 Å². The normalized spacial score (nSPS) is 10.0. The third-order valence-electron chi connectivity index (χ3n) is 2.77. The molecule has 0 aliphatic heterocycles. The largest absolute Gasteiger partial charge is 0.545 e. The van der Waals surface area contributed by atoms with Crippen molar-refractivity contribution in [1.29, 1.82) is 0 Å². The average molecular weight is 320 g/mol. The standard InChI is InChI=1S/C14H9ClN2O5/c15-11-5-4-9(14(19)20)7-12(11)16-13(18)8-2-1-3-10(6-8)17(21)22/h1-7H,(H,16,18)(H,19,20)/p-1. The lowest BCUT2D eigenvalue weighted by Gasteiger charge is -2.10. The minimum absolute atomic E-state index is 0.0455. The molecule has 0 aromatic heterocycles. The maximum absolute atomic E-state index is 12.1. The molecule has 2 rings (SSSR count). The summed E-state index contributed by atoms with van der Waals surface area (Å²) in [5.41, 5.74) is -0.273. The molecule has 0 unspecified atom stereocenters. The molecule has 0 saturated carbocycles. The van der Waals surface area contributed by atoms with Crippen LogP contribution in [0.15, 0.2) is 42.5 Å². The first-order valence-electron chi connectivity index (χ1n) is 5.95. The van der Waals surface area contributed by atoms with E-state index >= 15 is 0 Å². The number of amides is 1. The molecule has 0 heterocycles. The fraction of sp³-hybridized carbons (Fsp3) is 0. The smallest absolute Gasteiger partial charge is 0.270 e. The number of carboxylic acid groups (broad SMARTS) is 1. The van der Waals surface area contributed by atoms with Crippen molar-refractivity contribution in [3.05, 3.63) is 68.7 Å². The topological polar surface area (TPSA) is 112 Å². The van der Waals surface area contributed by atoms with Crippen LogP contribution < -0.4 is 10.4 Å². The molecule has 1 amide bonds. The molecule has 2 aromatic rings. The highest BCUT2D eigenvalue weighted by Crippen LogP contribution is 2.24. The van der Waals surface area contributed by atoms with Crippen molar-refractivity contribution in [2.24, 2.45) is 0 Å². The second kappa shape index (κ2) is 6.23. The van der Waals surface area contributed by atoms with Crippen molar-refractivity contribution < 1.29 is 19.6 Å². The van der Waals surface area contributed by atoms with E-state index in [0.717, 1.165) is 12.1 Å². The Labute approximate surface area is 129 Å². The Morgan fingerprint density at radius 2 is 1.82 bits per heavy atom. The quantitative estimate of drug-likeness (QED) is 0.682. The molecular formula is C14H8ClN2O5-. The van der Waals surface area contributed by atoms with Gasteiger partial charge in [-0.05, 0) is 23.8 Å². The van der Waals surface area contributed by atoms with E-state index in [0.29, 0.717) is 0 Å². The number of carbonyl (C=O) groups is 2. The summed E-state index contributed by atoms with van der Waals surface area (Å²) in [6, 6.07) is 8.79. The number of anilines is 1. The Balaban J connectivity index is 2.29. The number of benzene rings is 2. The molecule has 0 fully saturated rings. The van der Waals surface area contributed by atoms with Gasteiger partial charge in [-0.1, -0.05) is 23.7 Å².